The SMILES string of the molecule is C=C/C=C(\C=C)c1ccc(Nc2ccc(-c3ccc4c(c3)C(/C(C)=C/C=C)(c3ccccc3)C(/C=C\C)=C4C)cc2)cc1. The van der Waals surface area contributed by atoms with Crippen molar-refractivity contribution in [1.29, 1.82) is 0 Å². The third-order valence-electron chi connectivity index (χ3n) is 8.38. The molecule has 4 aromatic carbocycles. The van der Waals surface area contributed by atoms with Gasteiger partial charge in [0.15, 0.2) is 0 Å². The minimum atomic E-state index is -0.391. The average Bonchev–Trinajstić information content (AvgIpc) is 3.29. The topological polar surface area (TPSA) is 12.0 Å². The molecular weight excluding hydrogens is 518 g/mol. The molecule has 4 aromatic rings. The molecule has 5 rings (SSSR count). The molecule has 0 spiro atoms. The second-order valence-corrected chi connectivity index (χ2v) is 10.8. The van der Waals surface area contributed by atoms with Crippen LogP contribution in [0.4, 0.5) is 11.4 Å². The van der Waals surface area contributed by atoms with Crippen LogP contribution in [0.1, 0.15) is 43.0 Å². The fourth-order valence-electron chi connectivity index (χ4n) is 6.37. The molecule has 0 fully saturated rings. The average molecular weight is 558 g/mol. The monoisotopic (exact) mass is 557 g/mol. The van der Waals surface area contributed by atoms with Crippen molar-refractivity contribution in [1.82, 2.24) is 0 Å². The van der Waals surface area contributed by atoms with E-state index in [1.54, 1.807) is 6.08 Å². The Balaban J connectivity index is 1.52. The zero-order valence-corrected chi connectivity index (χ0v) is 25.4. The smallest absolute Gasteiger partial charge is 0.0670 e. The maximum Gasteiger partial charge on any atom is 0.0670 e. The minimum absolute atomic E-state index is 0.391. The zero-order chi connectivity index (χ0) is 30.4. The van der Waals surface area contributed by atoms with E-state index in [9.17, 15) is 0 Å². The number of anilines is 2. The lowest BCUT2D eigenvalue weighted by molar-refractivity contribution is 0.739. The Morgan fingerprint density at radius 2 is 1.37 bits per heavy atom. The van der Waals surface area contributed by atoms with Gasteiger partial charge in [-0.2, -0.15) is 0 Å². The standard InChI is InChI=1S/C42H39N/c1-7-14-30(5)42(36-17-12-11-13-18-36)40(16-9-3)31(6)39-28-23-35(29-41(39)42)34-21-26-38(27-22-34)43-37-24-19-33(20-25-37)32(10-4)15-8-2/h7-29,43H,1-2,4H2,3,5-6H3/b16-9-,30-14+,32-15+. The summed E-state index contributed by atoms with van der Waals surface area (Å²) in [5.74, 6) is 0. The molecule has 1 aliphatic carbocycles. The maximum atomic E-state index is 4.04. The van der Waals surface area contributed by atoms with Crippen LogP contribution in [0.15, 0.2) is 170 Å². The molecule has 1 N–H and O–H groups in total. The van der Waals surface area contributed by atoms with Crippen LogP contribution in [0.2, 0.25) is 0 Å². The normalized spacial score (nSPS) is 16.7. The Kier molecular flexibility index (Phi) is 8.74. The summed E-state index contributed by atoms with van der Waals surface area (Å²) in [5.41, 5.74) is 14.0. The Morgan fingerprint density at radius 3 is 1.98 bits per heavy atom. The van der Waals surface area contributed by atoms with Gasteiger partial charge in [-0.15, -0.1) is 0 Å². The number of hydrogen-bond acceptors (Lipinski definition) is 1. The number of hydrogen-bond donors (Lipinski definition) is 1. The van der Waals surface area contributed by atoms with Crippen molar-refractivity contribution < 1.29 is 0 Å². The predicted octanol–water partition coefficient (Wildman–Crippen LogP) is 11.6. The van der Waals surface area contributed by atoms with Crippen LogP contribution in [0, 0.1) is 0 Å². The van der Waals surface area contributed by atoms with Gasteiger partial charge in [-0.1, -0.05) is 135 Å². The highest BCUT2D eigenvalue weighted by atomic mass is 14.9. The molecule has 0 saturated heterocycles. The molecule has 212 valence electrons. The van der Waals surface area contributed by atoms with Gasteiger partial charge in [0, 0.05) is 11.4 Å². The molecule has 43 heavy (non-hydrogen) atoms. The summed E-state index contributed by atoms with van der Waals surface area (Å²) in [7, 11) is 0. The molecule has 0 aliphatic heterocycles. The van der Waals surface area contributed by atoms with Gasteiger partial charge in [-0.3, -0.25) is 0 Å². The fourth-order valence-corrected chi connectivity index (χ4v) is 6.37. The van der Waals surface area contributed by atoms with Gasteiger partial charge in [0.1, 0.15) is 0 Å². The molecule has 0 saturated carbocycles. The summed E-state index contributed by atoms with van der Waals surface area (Å²) in [4.78, 5) is 0. The molecule has 0 bridgehead atoms. The summed E-state index contributed by atoms with van der Waals surface area (Å²) in [6.45, 7) is 18.3. The quantitative estimate of drug-likeness (QED) is 0.191. The molecule has 0 heterocycles. The van der Waals surface area contributed by atoms with Crippen molar-refractivity contribution in [3.63, 3.8) is 0 Å². The van der Waals surface area contributed by atoms with Crippen molar-refractivity contribution in [3.8, 4) is 11.1 Å². The van der Waals surface area contributed by atoms with E-state index in [0.29, 0.717) is 0 Å². The van der Waals surface area contributed by atoms with E-state index in [1.807, 2.05) is 18.2 Å². The van der Waals surface area contributed by atoms with Gasteiger partial charge in [-0.25, -0.2) is 0 Å². The van der Waals surface area contributed by atoms with E-state index in [1.165, 1.54) is 44.5 Å². The van der Waals surface area contributed by atoms with Crippen LogP contribution in [-0.2, 0) is 5.41 Å². The second kappa shape index (κ2) is 12.8. The van der Waals surface area contributed by atoms with Crippen molar-refractivity contribution in [2.75, 3.05) is 5.32 Å². The summed E-state index contributed by atoms with van der Waals surface area (Å²) in [5, 5.41) is 3.53. The van der Waals surface area contributed by atoms with Crippen molar-refractivity contribution in [2.24, 2.45) is 0 Å². The Labute approximate surface area is 257 Å². The van der Waals surface area contributed by atoms with Gasteiger partial charge in [0.05, 0.1) is 5.41 Å². The van der Waals surface area contributed by atoms with E-state index < -0.39 is 5.41 Å². The second-order valence-electron chi connectivity index (χ2n) is 10.8. The first-order chi connectivity index (χ1) is 21.0. The Bertz CT molecular complexity index is 1770. The molecule has 1 atom stereocenters. The minimum Gasteiger partial charge on any atom is -0.356 e. The van der Waals surface area contributed by atoms with Gasteiger partial charge < -0.3 is 5.32 Å². The lowest BCUT2D eigenvalue weighted by Crippen LogP contribution is -2.29. The van der Waals surface area contributed by atoms with Crippen LogP contribution in [-0.4, -0.2) is 0 Å². The van der Waals surface area contributed by atoms with Gasteiger partial charge in [-0.05, 0) is 101 Å². The fraction of sp³-hybridized carbons (Fsp3) is 0.0952. The molecule has 1 aliphatic rings. The number of nitrogens with one attached hydrogen (secondary N) is 1. The summed E-state index contributed by atoms with van der Waals surface area (Å²) >= 11 is 0. The first-order valence-corrected chi connectivity index (χ1v) is 14.7. The molecule has 1 heteroatoms. The van der Waals surface area contributed by atoms with Crippen molar-refractivity contribution in [3.05, 3.63) is 193 Å². The molecule has 1 unspecified atom stereocenters. The number of allylic oxidation sites excluding steroid dienone is 11. The highest BCUT2D eigenvalue weighted by Crippen LogP contribution is 2.55. The number of fused-ring (bicyclic) bond motifs is 1. The van der Waals surface area contributed by atoms with Crippen LogP contribution >= 0.6 is 0 Å². The summed E-state index contributed by atoms with van der Waals surface area (Å²) in [6, 6.07) is 34.8. The maximum absolute atomic E-state index is 4.04. The molecule has 0 amide bonds. The largest absolute Gasteiger partial charge is 0.356 e. The third-order valence-corrected chi connectivity index (χ3v) is 8.38. The third kappa shape index (κ3) is 5.43. The highest BCUT2D eigenvalue weighted by Gasteiger charge is 2.45. The molecular formula is C42H39N. The molecule has 0 radical (unpaired) electrons. The molecule has 0 aromatic heterocycles. The van der Waals surface area contributed by atoms with Crippen molar-refractivity contribution >= 4 is 22.5 Å². The van der Waals surface area contributed by atoms with Crippen LogP contribution in [0.3, 0.4) is 0 Å². The van der Waals surface area contributed by atoms with Crippen LogP contribution in [0.5, 0.6) is 0 Å². The van der Waals surface area contributed by atoms with Crippen LogP contribution in [0.25, 0.3) is 22.3 Å². The van der Waals surface area contributed by atoms with Crippen molar-refractivity contribution in [2.45, 2.75) is 26.2 Å². The van der Waals surface area contributed by atoms with E-state index in [0.717, 1.165) is 22.5 Å². The Morgan fingerprint density at radius 1 is 0.744 bits per heavy atom. The van der Waals surface area contributed by atoms with E-state index in [4.69, 9.17) is 0 Å². The van der Waals surface area contributed by atoms with Gasteiger partial charge in [0.2, 0.25) is 0 Å². The predicted molar refractivity (Wildman–Crippen MR) is 189 cm³/mol. The molecule has 1 nitrogen and oxygen atoms in total. The first-order valence-electron chi connectivity index (χ1n) is 14.7. The van der Waals surface area contributed by atoms with Gasteiger partial charge >= 0.3 is 0 Å². The lowest BCUT2D eigenvalue weighted by Gasteiger charge is -2.35. The highest BCUT2D eigenvalue weighted by molar-refractivity contribution is 5.88. The number of rotatable bonds is 10. The van der Waals surface area contributed by atoms with E-state index in [-0.39, 0.29) is 0 Å². The van der Waals surface area contributed by atoms with Gasteiger partial charge in [0.25, 0.3) is 0 Å². The lowest BCUT2D eigenvalue weighted by atomic mass is 9.66. The Hall–Kier alpha value is -5.14. The zero-order valence-electron chi connectivity index (χ0n) is 25.4. The summed E-state index contributed by atoms with van der Waals surface area (Å²) < 4.78 is 0. The van der Waals surface area contributed by atoms with E-state index in [2.05, 4.69) is 161 Å². The summed E-state index contributed by atoms with van der Waals surface area (Å²) in [6.07, 6.45) is 14.1. The first kappa shape index (κ1) is 29.4. The number of benzene rings is 4. The van der Waals surface area contributed by atoms with Crippen LogP contribution < -0.4 is 5.32 Å². The van der Waals surface area contributed by atoms with E-state index >= 15 is 0 Å².